The molecule has 1 fully saturated rings. The minimum Gasteiger partial charge on any atom is -0.487 e. The first-order valence-corrected chi connectivity index (χ1v) is 4.35. The van der Waals surface area contributed by atoms with E-state index in [0.29, 0.717) is 0 Å². The van der Waals surface area contributed by atoms with Crippen LogP contribution in [0.25, 0.3) is 0 Å². The van der Waals surface area contributed by atoms with Crippen LogP contribution < -0.4 is 4.74 Å². The molecule has 2 rings (SSSR count). The zero-order valence-corrected chi connectivity index (χ0v) is 7.73. The van der Waals surface area contributed by atoms with Gasteiger partial charge < -0.3 is 9.47 Å². The van der Waals surface area contributed by atoms with Crippen molar-refractivity contribution in [2.45, 2.75) is 5.67 Å². The van der Waals surface area contributed by atoms with Crippen LogP contribution in [-0.4, -0.2) is 25.5 Å². The Morgan fingerprint density at radius 2 is 2.20 bits per heavy atom. The molecular formula is C10H8F3O2. The molecule has 0 spiro atoms. The van der Waals surface area contributed by atoms with Gasteiger partial charge in [-0.15, -0.1) is 0 Å². The van der Waals surface area contributed by atoms with Gasteiger partial charge in [0.1, 0.15) is 12.4 Å². The van der Waals surface area contributed by atoms with Gasteiger partial charge in [0.05, 0.1) is 13.2 Å². The highest BCUT2D eigenvalue weighted by molar-refractivity contribution is 5.24. The van der Waals surface area contributed by atoms with Crippen LogP contribution in [0.4, 0.5) is 13.2 Å². The average Bonchev–Trinajstić information content (AvgIpc) is 2.17. The quantitative estimate of drug-likeness (QED) is 0.769. The smallest absolute Gasteiger partial charge is 0.190 e. The molecule has 1 saturated heterocycles. The van der Waals surface area contributed by atoms with E-state index in [0.717, 1.165) is 12.1 Å². The van der Waals surface area contributed by atoms with Crippen molar-refractivity contribution in [2.24, 2.45) is 0 Å². The second kappa shape index (κ2) is 3.73. The minimum atomic E-state index is -1.58. The summed E-state index contributed by atoms with van der Waals surface area (Å²) in [6.45, 7) is -0.487. The summed E-state index contributed by atoms with van der Waals surface area (Å²) in [5.41, 5.74) is -1.58. The van der Waals surface area contributed by atoms with Gasteiger partial charge in [0.15, 0.2) is 17.2 Å². The summed E-state index contributed by atoms with van der Waals surface area (Å²) in [5, 5.41) is 0. The fourth-order valence-electron chi connectivity index (χ4n) is 1.15. The van der Waals surface area contributed by atoms with E-state index >= 15 is 0 Å². The maximum Gasteiger partial charge on any atom is 0.190 e. The maximum absolute atomic E-state index is 13.4. The summed E-state index contributed by atoms with van der Waals surface area (Å²) in [4.78, 5) is 0. The Balaban J connectivity index is 2.01. The van der Waals surface area contributed by atoms with Crippen LogP contribution in [0, 0.1) is 17.7 Å². The van der Waals surface area contributed by atoms with E-state index in [4.69, 9.17) is 4.74 Å². The fourth-order valence-corrected chi connectivity index (χ4v) is 1.15. The van der Waals surface area contributed by atoms with Crippen LogP contribution in [-0.2, 0) is 4.74 Å². The molecule has 0 amide bonds. The molecule has 0 unspecified atom stereocenters. The Labute approximate surface area is 84.6 Å². The van der Waals surface area contributed by atoms with Crippen LogP contribution in [0.1, 0.15) is 0 Å². The zero-order valence-electron chi connectivity index (χ0n) is 7.73. The van der Waals surface area contributed by atoms with Crippen molar-refractivity contribution in [2.75, 3.05) is 19.8 Å². The lowest BCUT2D eigenvalue weighted by atomic mass is 10.1. The Morgan fingerprint density at radius 1 is 1.47 bits per heavy atom. The molecule has 0 aromatic heterocycles. The summed E-state index contributed by atoms with van der Waals surface area (Å²) in [6, 6.07) is 3.67. The predicted molar refractivity (Wildman–Crippen MR) is 45.3 cm³/mol. The van der Waals surface area contributed by atoms with Crippen LogP contribution in [0.3, 0.4) is 0 Å². The third-order valence-corrected chi connectivity index (χ3v) is 2.04. The van der Waals surface area contributed by atoms with Crippen LogP contribution in [0.5, 0.6) is 5.75 Å². The predicted octanol–water partition coefficient (Wildman–Crippen LogP) is 1.88. The molecule has 2 nitrogen and oxygen atoms in total. The normalized spacial score (nSPS) is 18.3. The van der Waals surface area contributed by atoms with Crippen molar-refractivity contribution >= 4 is 0 Å². The fraction of sp³-hybridized carbons (Fsp3) is 0.400. The van der Waals surface area contributed by atoms with Gasteiger partial charge in [-0.1, -0.05) is 0 Å². The first kappa shape index (κ1) is 10.3. The van der Waals surface area contributed by atoms with Crippen molar-refractivity contribution in [3.8, 4) is 5.75 Å². The van der Waals surface area contributed by atoms with Crippen LogP contribution >= 0.6 is 0 Å². The van der Waals surface area contributed by atoms with Gasteiger partial charge in [0.25, 0.3) is 0 Å². The molecule has 5 heteroatoms. The van der Waals surface area contributed by atoms with E-state index in [2.05, 4.69) is 4.74 Å². The van der Waals surface area contributed by atoms with E-state index in [1.165, 1.54) is 0 Å². The molecule has 1 radical (unpaired) electrons. The van der Waals surface area contributed by atoms with Crippen LogP contribution in [0.15, 0.2) is 12.1 Å². The number of rotatable bonds is 3. The Kier molecular flexibility index (Phi) is 2.56. The third kappa shape index (κ3) is 2.23. The van der Waals surface area contributed by atoms with Gasteiger partial charge in [0, 0.05) is 12.1 Å². The zero-order chi connectivity index (χ0) is 10.9. The largest absolute Gasteiger partial charge is 0.487 e. The molecule has 0 N–H and O–H groups in total. The number of alkyl halides is 1. The minimum absolute atomic E-state index is 0.0734. The molecule has 0 atom stereocenters. The first-order chi connectivity index (χ1) is 7.09. The van der Waals surface area contributed by atoms with E-state index in [1.54, 1.807) is 0 Å². The first-order valence-electron chi connectivity index (χ1n) is 4.35. The Bertz CT molecular complexity index is 364. The number of ether oxygens (including phenoxy) is 2. The molecule has 0 aliphatic carbocycles. The van der Waals surface area contributed by atoms with E-state index < -0.39 is 17.3 Å². The van der Waals surface area contributed by atoms with Crippen molar-refractivity contribution in [1.82, 2.24) is 0 Å². The highest BCUT2D eigenvalue weighted by Crippen LogP contribution is 2.25. The van der Waals surface area contributed by atoms with Gasteiger partial charge >= 0.3 is 0 Å². The Hall–Kier alpha value is -1.23. The molecule has 1 aliphatic heterocycles. The van der Waals surface area contributed by atoms with Gasteiger partial charge in [-0.3, -0.25) is 0 Å². The number of halogens is 3. The second-order valence-electron chi connectivity index (χ2n) is 3.43. The SMILES string of the molecule is Fc1[c]cc(F)c(OCC2(F)COC2)c1. The molecule has 1 aromatic rings. The number of hydrogen-bond acceptors (Lipinski definition) is 2. The van der Waals surface area contributed by atoms with Crippen molar-refractivity contribution in [3.05, 3.63) is 29.8 Å². The van der Waals surface area contributed by atoms with Gasteiger partial charge in [-0.2, -0.15) is 0 Å². The molecule has 1 aromatic carbocycles. The van der Waals surface area contributed by atoms with Crippen molar-refractivity contribution < 1.29 is 22.6 Å². The summed E-state index contributed by atoms with van der Waals surface area (Å²) in [6.07, 6.45) is 0. The molecule has 15 heavy (non-hydrogen) atoms. The standard InChI is InChI=1S/C10H8F3O2/c11-7-1-2-8(12)9(3-7)15-6-10(13)4-14-5-10/h2-3H,4-6H2. The average molecular weight is 217 g/mol. The monoisotopic (exact) mass is 217 g/mol. The Morgan fingerprint density at radius 3 is 2.80 bits per heavy atom. The maximum atomic E-state index is 13.4. The van der Waals surface area contributed by atoms with E-state index in [9.17, 15) is 13.2 Å². The molecule has 0 bridgehead atoms. The lowest BCUT2D eigenvalue weighted by Crippen LogP contribution is -2.50. The number of hydrogen-bond donors (Lipinski definition) is 0. The van der Waals surface area contributed by atoms with Gasteiger partial charge in [-0.05, 0) is 6.07 Å². The second-order valence-corrected chi connectivity index (χ2v) is 3.43. The summed E-state index contributed by atoms with van der Waals surface area (Å²) in [7, 11) is 0. The van der Waals surface area contributed by atoms with Crippen LogP contribution in [0.2, 0.25) is 0 Å². The van der Waals surface area contributed by atoms with Crippen molar-refractivity contribution in [1.29, 1.82) is 0 Å². The molecule has 0 saturated carbocycles. The molecule has 1 aliphatic rings. The molecule has 81 valence electrons. The lowest BCUT2D eigenvalue weighted by Gasteiger charge is -2.33. The van der Waals surface area contributed by atoms with Gasteiger partial charge in [0.2, 0.25) is 0 Å². The summed E-state index contributed by atoms with van der Waals surface area (Å²) < 4.78 is 48.5. The topological polar surface area (TPSA) is 18.5 Å². The summed E-state index contributed by atoms with van der Waals surface area (Å²) >= 11 is 0. The highest BCUT2D eigenvalue weighted by Gasteiger charge is 2.40. The highest BCUT2D eigenvalue weighted by atomic mass is 19.1. The lowest BCUT2D eigenvalue weighted by molar-refractivity contribution is -0.146. The van der Waals surface area contributed by atoms with E-state index in [1.807, 2.05) is 6.07 Å². The third-order valence-electron chi connectivity index (χ3n) is 2.04. The van der Waals surface area contributed by atoms with Crippen molar-refractivity contribution in [3.63, 3.8) is 0 Å². The molecular weight excluding hydrogens is 209 g/mol. The summed E-state index contributed by atoms with van der Waals surface area (Å²) in [5.74, 6) is -1.82. The van der Waals surface area contributed by atoms with E-state index in [-0.39, 0.29) is 25.6 Å². The van der Waals surface area contributed by atoms with Gasteiger partial charge in [-0.25, -0.2) is 13.2 Å². The molecule has 1 heterocycles. The number of benzene rings is 1.